The average Bonchev–Trinajstić information content (AvgIpc) is 2.94. The first-order valence-corrected chi connectivity index (χ1v) is 14.1. The first kappa shape index (κ1) is 28.6. The van der Waals surface area contributed by atoms with Crippen LogP contribution in [-0.4, -0.2) is 60.3 Å². The van der Waals surface area contributed by atoms with Crippen LogP contribution in [0.4, 0.5) is 10.2 Å². The lowest BCUT2D eigenvalue weighted by molar-refractivity contribution is -0.0976. The monoisotopic (exact) mass is 568 g/mol. The Morgan fingerprint density at radius 1 is 1.02 bits per heavy atom. The highest BCUT2D eigenvalue weighted by Gasteiger charge is 2.53. The molecule has 3 atom stereocenters. The molecule has 1 aromatic heterocycles. The third kappa shape index (κ3) is 5.62. The Balaban J connectivity index is 1.35. The number of anilines is 1. The van der Waals surface area contributed by atoms with Crippen LogP contribution in [0.5, 0.6) is 11.5 Å². The molecular formula is C31H38ClFN4O3. The summed E-state index contributed by atoms with van der Waals surface area (Å²) >= 11 is 5.99. The zero-order valence-electron chi connectivity index (χ0n) is 23.9. The second kappa shape index (κ2) is 11.5. The van der Waals surface area contributed by atoms with E-state index in [0.717, 1.165) is 31.0 Å². The van der Waals surface area contributed by atoms with Gasteiger partial charge in [-0.3, -0.25) is 4.90 Å². The summed E-state index contributed by atoms with van der Waals surface area (Å²) in [6.07, 6.45) is 5.65. The van der Waals surface area contributed by atoms with Gasteiger partial charge in [0.2, 0.25) is 0 Å². The average molecular weight is 569 g/mol. The number of benzene rings is 2. The molecule has 0 spiro atoms. The molecule has 0 N–H and O–H groups in total. The number of halogens is 2. The Morgan fingerprint density at radius 2 is 1.73 bits per heavy atom. The standard InChI is InChI=1S/C31H38ClFN4O3/c1-30-13-6-14-31(2,37(30)19-21-7-9-23(39-5)10-8-21)18-22(17-30)36(3)29-12-11-27(34-35-29)24-15-26(33)25(32)16-28(24)40-20-38-4/h7-12,15-16,22H,6,13-14,17-20H2,1-5H3/t22-,30-,31+. The van der Waals surface area contributed by atoms with E-state index in [9.17, 15) is 4.39 Å². The van der Waals surface area contributed by atoms with E-state index in [1.807, 2.05) is 24.3 Å². The van der Waals surface area contributed by atoms with Gasteiger partial charge in [-0.25, -0.2) is 4.39 Å². The maximum Gasteiger partial charge on any atom is 0.188 e. The van der Waals surface area contributed by atoms with E-state index >= 15 is 0 Å². The van der Waals surface area contributed by atoms with E-state index in [2.05, 4.69) is 53.0 Å². The minimum absolute atomic E-state index is 0.0118. The molecule has 40 heavy (non-hydrogen) atoms. The molecule has 2 aromatic carbocycles. The fourth-order valence-electron chi connectivity index (χ4n) is 6.67. The smallest absolute Gasteiger partial charge is 0.188 e. The minimum Gasteiger partial charge on any atom is -0.497 e. The lowest BCUT2D eigenvalue weighted by Gasteiger charge is -2.62. The molecule has 3 heterocycles. The van der Waals surface area contributed by atoms with E-state index in [-0.39, 0.29) is 22.9 Å². The number of aromatic nitrogens is 2. The van der Waals surface area contributed by atoms with Crippen molar-refractivity contribution in [3.63, 3.8) is 0 Å². The maximum absolute atomic E-state index is 14.3. The molecule has 3 aromatic rings. The number of fused-ring (bicyclic) bond motifs is 2. The first-order chi connectivity index (χ1) is 19.2. The van der Waals surface area contributed by atoms with Crippen molar-refractivity contribution in [1.82, 2.24) is 15.1 Å². The van der Waals surface area contributed by atoms with Crippen LogP contribution >= 0.6 is 11.6 Å². The van der Waals surface area contributed by atoms with Crippen molar-refractivity contribution in [1.29, 1.82) is 0 Å². The van der Waals surface area contributed by atoms with E-state index in [1.54, 1.807) is 7.11 Å². The predicted molar refractivity (Wildman–Crippen MR) is 156 cm³/mol. The molecule has 5 rings (SSSR count). The topological polar surface area (TPSA) is 60.0 Å². The van der Waals surface area contributed by atoms with Crippen molar-refractivity contribution in [3.8, 4) is 22.8 Å². The molecule has 214 valence electrons. The van der Waals surface area contributed by atoms with Gasteiger partial charge >= 0.3 is 0 Å². The van der Waals surface area contributed by atoms with Crippen LogP contribution in [0.2, 0.25) is 5.02 Å². The number of hydrogen-bond donors (Lipinski definition) is 0. The van der Waals surface area contributed by atoms with Crippen molar-refractivity contribution in [2.75, 3.05) is 33.0 Å². The van der Waals surface area contributed by atoms with Gasteiger partial charge in [-0.1, -0.05) is 23.7 Å². The van der Waals surface area contributed by atoms with E-state index in [0.29, 0.717) is 23.0 Å². The van der Waals surface area contributed by atoms with E-state index in [1.165, 1.54) is 44.1 Å². The van der Waals surface area contributed by atoms with Gasteiger partial charge in [0.15, 0.2) is 12.6 Å². The summed E-state index contributed by atoms with van der Waals surface area (Å²) in [5.41, 5.74) is 2.43. The molecule has 9 heteroatoms. The Kier molecular flexibility index (Phi) is 8.22. The third-order valence-corrected chi connectivity index (χ3v) is 9.06. The van der Waals surface area contributed by atoms with Gasteiger partial charge in [-0.05, 0) is 81.8 Å². The fourth-order valence-corrected chi connectivity index (χ4v) is 6.82. The maximum atomic E-state index is 14.3. The second-order valence-electron chi connectivity index (χ2n) is 11.5. The molecule has 0 unspecified atom stereocenters. The predicted octanol–water partition coefficient (Wildman–Crippen LogP) is 6.73. The molecule has 2 fully saturated rings. The van der Waals surface area contributed by atoms with Crippen LogP contribution in [0.1, 0.15) is 51.5 Å². The minimum atomic E-state index is -0.543. The molecular weight excluding hydrogens is 531 g/mol. The number of piperidine rings is 2. The third-order valence-electron chi connectivity index (χ3n) is 8.77. The van der Waals surface area contributed by atoms with Crippen LogP contribution in [0.25, 0.3) is 11.3 Å². The summed E-state index contributed by atoms with van der Waals surface area (Å²) in [6.45, 7) is 5.77. The molecule has 7 nitrogen and oxygen atoms in total. The molecule has 0 amide bonds. The lowest BCUT2D eigenvalue weighted by atomic mass is 9.66. The highest BCUT2D eigenvalue weighted by atomic mass is 35.5. The van der Waals surface area contributed by atoms with Gasteiger partial charge in [-0.2, -0.15) is 0 Å². The zero-order chi connectivity index (χ0) is 28.5. The number of rotatable bonds is 9. The largest absolute Gasteiger partial charge is 0.497 e. The molecule has 0 saturated carbocycles. The summed E-state index contributed by atoms with van der Waals surface area (Å²) in [4.78, 5) is 5.00. The zero-order valence-corrected chi connectivity index (χ0v) is 24.7. The molecule has 2 bridgehead atoms. The summed E-state index contributed by atoms with van der Waals surface area (Å²) in [7, 11) is 5.33. The van der Waals surface area contributed by atoms with E-state index < -0.39 is 5.82 Å². The van der Waals surface area contributed by atoms with Crippen LogP contribution < -0.4 is 14.4 Å². The van der Waals surface area contributed by atoms with Crippen molar-refractivity contribution in [2.24, 2.45) is 0 Å². The van der Waals surface area contributed by atoms with Crippen molar-refractivity contribution >= 4 is 17.4 Å². The summed E-state index contributed by atoms with van der Waals surface area (Å²) in [5, 5.41) is 8.98. The van der Waals surface area contributed by atoms with Gasteiger partial charge in [0.05, 0.1) is 17.8 Å². The Hall–Kier alpha value is -2.94. The highest BCUT2D eigenvalue weighted by Crippen LogP contribution is 2.50. The van der Waals surface area contributed by atoms with E-state index in [4.69, 9.17) is 25.8 Å². The van der Waals surface area contributed by atoms with Gasteiger partial charge in [0.1, 0.15) is 17.3 Å². The SMILES string of the molecule is COCOc1cc(Cl)c(F)cc1-c1ccc(N(C)[C@H]2C[C@]3(C)CCC[C@](C)(C2)N3Cc2ccc(OC)cc2)nn1. The number of hydrogen-bond acceptors (Lipinski definition) is 7. The molecule has 0 radical (unpaired) electrons. The number of nitrogens with zero attached hydrogens (tertiary/aromatic N) is 4. The summed E-state index contributed by atoms with van der Waals surface area (Å²) in [6, 6.07) is 15.3. The summed E-state index contributed by atoms with van der Waals surface area (Å²) < 4.78 is 30.3. The lowest BCUT2D eigenvalue weighted by Crippen LogP contribution is -2.67. The first-order valence-electron chi connectivity index (χ1n) is 13.7. The molecule has 2 aliphatic rings. The van der Waals surface area contributed by atoms with Crippen LogP contribution in [0.3, 0.4) is 0 Å². The van der Waals surface area contributed by atoms with Crippen molar-refractivity contribution in [3.05, 3.63) is 64.9 Å². The highest BCUT2D eigenvalue weighted by molar-refractivity contribution is 6.31. The second-order valence-corrected chi connectivity index (χ2v) is 12.0. The van der Waals surface area contributed by atoms with Gasteiger partial charge in [0, 0.05) is 49.5 Å². The van der Waals surface area contributed by atoms with Crippen LogP contribution in [-0.2, 0) is 11.3 Å². The van der Waals surface area contributed by atoms with Crippen molar-refractivity contribution < 1.29 is 18.6 Å². The van der Waals surface area contributed by atoms with Gasteiger partial charge in [-0.15, -0.1) is 10.2 Å². The number of methoxy groups -OCH3 is 2. The Morgan fingerprint density at radius 3 is 2.33 bits per heavy atom. The normalized spacial score (nSPS) is 24.5. The Labute approximate surface area is 241 Å². The molecule has 2 saturated heterocycles. The fraction of sp³-hybridized carbons (Fsp3) is 0.484. The quantitative estimate of drug-likeness (QED) is 0.265. The van der Waals surface area contributed by atoms with Crippen molar-refractivity contribution in [2.45, 2.75) is 69.6 Å². The number of ether oxygens (including phenoxy) is 3. The van der Waals surface area contributed by atoms with Crippen LogP contribution in [0, 0.1) is 5.82 Å². The van der Waals surface area contributed by atoms with Gasteiger partial charge in [0.25, 0.3) is 0 Å². The van der Waals surface area contributed by atoms with Crippen LogP contribution in [0.15, 0.2) is 48.5 Å². The molecule has 0 aliphatic carbocycles. The summed E-state index contributed by atoms with van der Waals surface area (Å²) in [5.74, 6) is 1.52. The molecule has 2 aliphatic heterocycles. The Bertz CT molecular complexity index is 1310. The van der Waals surface area contributed by atoms with Gasteiger partial charge < -0.3 is 19.1 Å².